The molecule has 0 saturated heterocycles. The van der Waals surface area contributed by atoms with Crippen LogP contribution in [0.2, 0.25) is 0 Å². The van der Waals surface area contributed by atoms with Crippen LogP contribution in [0.5, 0.6) is 17.2 Å². The third kappa shape index (κ3) is 4.32. The van der Waals surface area contributed by atoms with Crippen molar-refractivity contribution in [3.05, 3.63) is 66.5 Å². The number of carbonyl (C=O) groups is 1. The van der Waals surface area contributed by atoms with Crippen LogP contribution in [-0.4, -0.2) is 32.2 Å². The Balaban J connectivity index is 1.80. The van der Waals surface area contributed by atoms with Gasteiger partial charge in [0.1, 0.15) is 17.2 Å². The van der Waals surface area contributed by atoms with Crippen molar-refractivity contribution < 1.29 is 19.0 Å². The molecule has 144 valence electrons. The van der Waals surface area contributed by atoms with E-state index in [0.29, 0.717) is 34.2 Å². The Morgan fingerprint density at radius 3 is 2.39 bits per heavy atom. The molecule has 0 spiro atoms. The fourth-order valence-corrected chi connectivity index (χ4v) is 2.63. The van der Waals surface area contributed by atoms with E-state index in [4.69, 9.17) is 14.2 Å². The number of anilines is 3. The summed E-state index contributed by atoms with van der Waals surface area (Å²) in [7, 11) is 4.73. The number of carbonyl (C=O) groups excluding carboxylic acids is 1. The number of para-hydroxylation sites is 2. The Hall–Kier alpha value is -3.74. The topological polar surface area (TPSA) is 81.7 Å². The van der Waals surface area contributed by atoms with Crippen LogP contribution in [0.15, 0.2) is 60.9 Å². The van der Waals surface area contributed by atoms with Crippen molar-refractivity contribution in [3.8, 4) is 17.2 Å². The Morgan fingerprint density at radius 1 is 0.857 bits per heavy atom. The van der Waals surface area contributed by atoms with Gasteiger partial charge >= 0.3 is 0 Å². The highest BCUT2D eigenvalue weighted by molar-refractivity contribution is 6.05. The Kier molecular flexibility index (Phi) is 5.96. The number of benzene rings is 2. The van der Waals surface area contributed by atoms with Crippen LogP contribution in [-0.2, 0) is 0 Å². The minimum atomic E-state index is -0.289. The van der Waals surface area contributed by atoms with Gasteiger partial charge in [-0.15, -0.1) is 0 Å². The van der Waals surface area contributed by atoms with Crippen LogP contribution in [0.1, 0.15) is 10.4 Å². The molecular weight excluding hydrogens is 358 g/mol. The smallest absolute Gasteiger partial charge is 0.257 e. The van der Waals surface area contributed by atoms with Gasteiger partial charge in [-0.3, -0.25) is 9.78 Å². The summed E-state index contributed by atoms with van der Waals surface area (Å²) in [6.07, 6.45) is 3.13. The number of rotatable bonds is 7. The first kappa shape index (κ1) is 19.0. The predicted molar refractivity (Wildman–Crippen MR) is 108 cm³/mol. The van der Waals surface area contributed by atoms with Crippen LogP contribution in [0.3, 0.4) is 0 Å². The molecule has 0 atom stereocenters. The summed E-state index contributed by atoms with van der Waals surface area (Å²) in [6.45, 7) is 0. The lowest BCUT2D eigenvalue weighted by Crippen LogP contribution is -2.13. The number of methoxy groups -OCH3 is 3. The summed E-state index contributed by atoms with van der Waals surface area (Å²) < 4.78 is 15.9. The maximum Gasteiger partial charge on any atom is 0.257 e. The highest BCUT2D eigenvalue weighted by Gasteiger charge is 2.12. The average molecular weight is 379 g/mol. The standard InChI is InChI=1S/C21H21N3O4/c1-26-16-8-9-18(20(11-16)28-3)23-15-10-14(12-22-13-15)21(25)24-17-6-4-5-7-19(17)27-2/h4-13,23H,1-3H3,(H,24,25). The summed E-state index contributed by atoms with van der Waals surface area (Å²) >= 11 is 0. The van der Waals surface area contributed by atoms with Gasteiger partial charge in [0, 0.05) is 12.3 Å². The summed E-state index contributed by atoms with van der Waals surface area (Å²) in [6, 6.07) is 14.3. The molecule has 0 bridgehead atoms. The van der Waals surface area contributed by atoms with Gasteiger partial charge in [-0.05, 0) is 30.3 Å². The molecular formula is C21H21N3O4. The van der Waals surface area contributed by atoms with Crippen molar-refractivity contribution in [2.45, 2.75) is 0 Å². The SMILES string of the molecule is COc1ccc(Nc2cncc(C(=O)Nc3ccccc3OC)c2)c(OC)c1. The molecule has 0 unspecified atom stereocenters. The van der Waals surface area contributed by atoms with E-state index in [1.54, 1.807) is 51.8 Å². The first-order chi connectivity index (χ1) is 13.6. The fourth-order valence-electron chi connectivity index (χ4n) is 2.63. The minimum Gasteiger partial charge on any atom is -0.497 e. The van der Waals surface area contributed by atoms with Crippen molar-refractivity contribution in [2.24, 2.45) is 0 Å². The predicted octanol–water partition coefficient (Wildman–Crippen LogP) is 4.10. The monoisotopic (exact) mass is 379 g/mol. The van der Waals surface area contributed by atoms with E-state index < -0.39 is 0 Å². The molecule has 3 rings (SSSR count). The molecule has 0 radical (unpaired) electrons. The zero-order valence-corrected chi connectivity index (χ0v) is 15.9. The number of hydrogen-bond donors (Lipinski definition) is 2. The molecule has 7 nitrogen and oxygen atoms in total. The van der Waals surface area contributed by atoms with Crippen molar-refractivity contribution in [1.29, 1.82) is 0 Å². The lowest BCUT2D eigenvalue weighted by molar-refractivity contribution is 0.102. The molecule has 3 aromatic rings. The highest BCUT2D eigenvalue weighted by atomic mass is 16.5. The Morgan fingerprint density at radius 2 is 1.64 bits per heavy atom. The van der Waals surface area contributed by atoms with Gasteiger partial charge in [0.2, 0.25) is 0 Å². The van der Waals surface area contributed by atoms with Gasteiger partial charge in [0.15, 0.2) is 0 Å². The third-order valence-corrected chi connectivity index (χ3v) is 4.04. The van der Waals surface area contributed by atoms with E-state index in [-0.39, 0.29) is 5.91 Å². The maximum atomic E-state index is 12.6. The second-order valence-corrected chi connectivity index (χ2v) is 5.81. The molecule has 0 aliphatic rings. The molecule has 0 saturated carbocycles. The summed E-state index contributed by atoms with van der Waals surface area (Å²) in [5, 5.41) is 6.04. The number of pyridine rings is 1. The summed E-state index contributed by atoms with van der Waals surface area (Å²) in [5.74, 6) is 1.59. The summed E-state index contributed by atoms with van der Waals surface area (Å²) in [5.41, 5.74) is 2.37. The molecule has 0 aliphatic carbocycles. The number of hydrogen-bond acceptors (Lipinski definition) is 6. The molecule has 7 heteroatoms. The molecule has 0 aliphatic heterocycles. The second-order valence-electron chi connectivity index (χ2n) is 5.81. The van der Waals surface area contributed by atoms with Gasteiger partial charge in [-0.25, -0.2) is 0 Å². The van der Waals surface area contributed by atoms with Crippen LogP contribution in [0.25, 0.3) is 0 Å². The first-order valence-corrected chi connectivity index (χ1v) is 8.53. The van der Waals surface area contributed by atoms with Crippen LogP contribution in [0, 0.1) is 0 Å². The zero-order chi connectivity index (χ0) is 19.9. The third-order valence-electron chi connectivity index (χ3n) is 4.04. The molecule has 1 aromatic heterocycles. The number of aromatic nitrogens is 1. The molecule has 0 fully saturated rings. The van der Waals surface area contributed by atoms with Crippen molar-refractivity contribution >= 4 is 23.0 Å². The van der Waals surface area contributed by atoms with E-state index in [0.717, 1.165) is 5.69 Å². The number of amides is 1. The quantitative estimate of drug-likeness (QED) is 0.643. The maximum absolute atomic E-state index is 12.6. The molecule has 2 aromatic carbocycles. The second kappa shape index (κ2) is 8.77. The number of nitrogens with zero attached hydrogens (tertiary/aromatic N) is 1. The van der Waals surface area contributed by atoms with Gasteiger partial charge in [-0.1, -0.05) is 12.1 Å². The van der Waals surface area contributed by atoms with E-state index in [1.807, 2.05) is 24.3 Å². The van der Waals surface area contributed by atoms with Crippen LogP contribution in [0.4, 0.5) is 17.1 Å². The van der Waals surface area contributed by atoms with E-state index >= 15 is 0 Å². The number of ether oxygens (including phenoxy) is 3. The molecule has 1 amide bonds. The molecule has 28 heavy (non-hydrogen) atoms. The molecule has 1 heterocycles. The fraction of sp³-hybridized carbons (Fsp3) is 0.143. The molecule has 2 N–H and O–H groups in total. The normalized spacial score (nSPS) is 10.1. The zero-order valence-electron chi connectivity index (χ0n) is 15.9. The summed E-state index contributed by atoms with van der Waals surface area (Å²) in [4.78, 5) is 16.8. The van der Waals surface area contributed by atoms with Gasteiger partial charge in [-0.2, -0.15) is 0 Å². The number of nitrogens with one attached hydrogen (secondary N) is 2. The largest absolute Gasteiger partial charge is 0.497 e. The minimum absolute atomic E-state index is 0.289. The average Bonchev–Trinajstić information content (AvgIpc) is 2.74. The first-order valence-electron chi connectivity index (χ1n) is 8.53. The Bertz CT molecular complexity index is 975. The van der Waals surface area contributed by atoms with E-state index in [2.05, 4.69) is 15.6 Å². The van der Waals surface area contributed by atoms with Crippen molar-refractivity contribution in [3.63, 3.8) is 0 Å². The van der Waals surface area contributed by atoms with Crippen molar-refractivity contribution in [1.82, 2.24) is 4.98 Å². The van der Waals surface area contributed by atoms with Crippen LogP contribution >= 0.6 is 0 Å². The van der Waals surface area contributed by atoms with E-state index in [9.17, 15) is 4.79 Å². The lowest BCUT2D eigenvalue weighted by Gasteiger charge is -2.13. The van der Waals surface area contributed by atoms with Gasteiger partial charge in [0.25, 0.3) is 5.91 Å². The van der Waals surface area contributed by atoms with E-state index in [1.165, 1.54) is 6.20 Å². The Labute approximate surface area is 163 Å². The van der Waals surface area contributed by atoms with Crippen molar-refractivity contribution in [2.75, 3.05) is 32.0 Å². The van der Waals surface area contributed by atoms with Gasteiger partial charge in [0.05, 0.1) is 50.2 Å². The lowest BCUT2D eigenvalue weighted by atomic mass is 10.2. The highest BCUT2D eigenvalue weighted by Crippen LogP contribution is 2.31. The van der Waals surface area contributed by atoms with Crippen LogP contribution < -0.4 is 24.8 Å². The van der Waals surface area contributed by atoms with Gasteiger partial charge < -0.3 is 24.8 Å².